The van der Waals surface area contributed by atoms with E-state index in [-0.39, 0.29) is 36.3 Å². The normalized spacial score (nSPS) is 15.3. The van der Waals surface area contributed by atoms with Gasteiger partial charge in [0, 0.05) is 63.0 Å². The number of piperazine rings is 1. The molecule has 0 unspecified atom stereocenters. The highest BCUT2D eigenvalue weighted by Crippen LogP contribution is 2.24. The maximum absolute atomic E-state index is 12.6. The number of nitrogens with one attached hydrogen (secondary N) is 1. The minimum absolute atomic E-state index is 0. The van der Waals surface area contributed by atoms with Crippen LogP contribution in [0.1, 0.15) is 11.3 Å². The molecule has 1 aliphatic rings. The van der Waals surface area contributed by atoms with Gasteiger partial charge in [0.05, 0.1) is 5.69 Å². The van der Waals surface area contributed by atoms with Crippen molar-refractivity contribution >= 4 is 41.5 Å². The van der Waals surface area contributed by atoms with Crippen molar-refractivity contribution in [3.05, 3.63) is 46.8 Å². The molecule has 1 fully saturated rings. The number of hydrogen-bond acceptors (Lipinski definition) is 5. The zero-order valence-electron chi connectivity index (χ0n) is 15.9. The molecular weight excluding hydrogens is 519 g/mol. The van der Waals surface area contributed by atoms with Crippen LogP contribution in [0.2, 0.25) is 5.02 Å². The summed E-state index contributed by atoms with van der Waals surface area (Å²) >= 11 is 6.00. The molecule has 0 aliphatic carbocycles. The second-order valence-electron chi connectivity index (χ2n) is 6.29. The molecule has 1 N–H and O–H groups in total. The van der Waals surface area contributed by atoms with Gasteiger partial charge in [0.1, 0.15) is 12.0 Å². The largest absolute Gasteiger partial charge is 0.434 e. The molecule has 7 nitrogen and oxygen atoms in total. The number of ether oxygens (including phenoxy) is 1. The molecule has 0 bridgehead atoms. The van der Waals surface area contributed by atoms with Gasteiger partial charge in [0.2, 0.25) is 0 Å². The fraction of sp³-hybridized carbons (Fsp3) is 0.444. The van der Waals surface area contributed by atoms with Gasteiger partial charge in [-0.05, 0) is 18.2 Å². The number of alkyl halides is 2. The highest BCUT2D eigenvalue weighted by molar-refractivity contribution is 14.0. The van der Waals surface area contributed by atoms with E-state index >= 15 is 0 Å². The molecule has 0 radical (unpaired) electrons. The van der Waals surface area contributed by atoms with Gasteiger partial charge < -0.3 is 19.5 Å². The van der Waals surface area contributed by atoms with Crippen molar-refractivity contribution in [2.24, 2.45) is 4.99 Å². The number of aliphatic imine (C=N–C) groups is 1. The quantitative estimate of drug-likeness (QED) is 0.343. The molecule has 0 spiro atoms. The summed E-state index contributed by atoms with van der Waals surface area (Å²) in [7, 11) is 1.69. The van der Waals surface area contributed by atoms with Crippen molar-refractivity contribution in [1.29, 1.82) is 0 Å². The van der Waals surface area contributed by atoms with Gasteiger partial charge in [-0.15, -0.1) is 24.0 Å². The third kappa shape index (κ3) is 6.96. The van der Waals surface area contributed by atoms with Crippen LogP contribution >= 0.6 is 35.6 Å². The Kier molecular flexibility index (Phi) is 9.37. The maximum Gasteiger partial charge on any atom is 0.387 e. The summed E-state index contributed by atoms with van der Waals surface area (Å²) in [6, 6.07) is 6.43. The molecule has 1 saturated heterocycles. The molecule has 3 rings (SSSR count). The zero-order chi connectivity index (χ0) is 19.9. The van der Waals surface area contributed by atoms with Gasteiger partial charge in [-0.1, -0.05) is 16.8 Å². The summed E-state index contributed by atoms with van der Waals surface area (Å²) in [6.45, 7) is 1.40. The SMILES string of the molecule is CN=C(NCc1cc(Cl)ccc1OC(F)F)N1CCN(Cc2ccon2)CC1.I. The fourth-order valence-corrected chi connectivity index (χ4v) is 3.26. The molecule has 160 valence electrons. The molecule has 2 heterocycles. The third-order valence-corrected chi connectivity index (χ3v) is 4.67. The number of benzene rings is 1. The topological polar surface area (TPSA) is 66.1 Å². The van der Waals surface area contributed by atoms with E-state index in [4.69, 9.17) is 16.1 Å². The average molecular weight is 542 g/mol. The van der Waals surface area contributed by atoms with E-state index in [1.165, 1.54) is 12.1 Å². The predicted molar refractivity (Wildman–Crippen MR) is 117 cm³/mol. The molecule has 0 saturated carbocycles. The van der Waals surface area contributed by atoms with Crippen LogP contribution in [-0.4, -0.2) is 60.8 Å². The highest BCUT2D eigenvalue weighted by Gasteiger charge is 2.20. The van der Waals surface area contributed by atoms with Gasteiger partial charge in [0.15, 0.2) is 5.96 Å². The number of hydrogen-bond donors (Lipinski definition) is 1. The maximum atomic E-state index is 12.6. The Morgan fingerprint density at radius 2 is 2.07 bits per heavy atom. The Labute approximate surface area is 190 Å². The lowest BCUT2D eigenvalue weighted by Crippen LogP contribution is -2.52. The summed E-state index contributed by atoms with van der Waals surface area (Å²) in [4.78, 5) is 8.71. The molecular formula is C18H23ClF2IN5O2. The fourth-order valence-electron chi connectivity index (χ4n) is 3.07. The number of guanidine groups is 1. The summed E-state index contributed by atoms with van der Waals surface area (Å²) in [5.74, 6) is 0.795. The van der Waals surface area contributed by atoms with E-state index in [2.05, 4.69) is 30.0 Å². The summed E-state index contributed by atoms with van der Waals surface area (Å²) in [6.07, 6.45) is 1.57. The molecule has 29 heavy (non-hydrogen) atoms. The van der Waals surface area contributed by atoms with Crippen molar-refractivity contribution in [2.45, 2.75) is 19.7 Å². The summed E-state index contributed by atoms with van der Waals surface area (Å²) in [5, 5.41) is 7.59. The summed E-state index contributed by atoms with van der Waals surface area (Å²) < 4.78 is 34.6. The predicted octanol–water partition coefficient (Wildman–Crippen LogP) is 3.44. The van der Waals surface area contributed by atoms with Gasteiger partial charge in [-0.3, -0.25) is 9.89 Å². The first-order valence-electron chi connectivity index (χ1n) is 8.85. The van der Waals surface area contributed by atoms with Crippen LogP contribution in [0.25, 0.3) is 0 Å². The Morgan fingerprint density at radius 3 is 2.69 bits per heavy atom. The van der Waals surface area contributed by atoms with Crippen molar-refractivity contribution in [1.82, 2.24) is 20.3 Å². The van der Waals surface area contributed by atoms with E-state index < -0.39 is 6.61 Å². The van der Waals surface area contributed by atoms with Crippen molar-refractivity contribution in [3.8, 4) is 5.75 Å². The Morgan fingerprint density at radius 1 is 1.31 bits per heavy atom. The van der Waals surface area contributed by atoms with Gasteiger partial charge in [-0.2, -0.15) is 8.78 Å². The van der Waals surface area contributed by atoms with Gasteiger partial charge in [-0.25, -0.2) is 0 Å². The van der Waals surface area contributed by atoms with Crippen molar-refractivity contribution in [3.63, 3.8) is 0 Å². The van der Waals surface area contributed by atoms with E-state index in [0.717, 1.165) is 38.4 Å². The summed E-state index contributed by atoms with van der Waals surface area (Å²) in [5.41, 5.74) is 1.45. The number of halogens is 4. The lowest BCUT2D eigenvalue weighted by Gasteiger charge is -2.36. The van der Waals surface area contributed by atoms with Gasteiger partial charge in [0.25, 0.3) is 0 Å². The number of rotatable bonds is 6. The first-order valence-corrected chi connectivity index (χ1v) is 9.23. The second kappa shape index (κ2) is 11.5. The minimum Gasteiger partial charge on any atom is -0.434 e. The van der Waals surface area contributed by atoms with Crippen LogP contribution in [0.4, 0.5) is 8.78 Å². The van der Waals surface area contributed by atoms with E-state index in [9.17, 15) is 8.78 Å². The molecule has 11 heteroatoms. The smallest absolute Gasteiger partial charge is 0.387 e. The highest BCUT2D eigenvalue weighted by atomic mass is 127. The molecule has 2 aromatic rings. The molecule has 1 aromatic carbocycles. The lowest BCUT2D eigenvalue weighted by atomic mass is 10.2. The van der Waals surface area contributed by atoms with Crippen molar-refractivity contribution in [2.75, 3.05) is 33.2 Å². The van der Waals surface area contributed by atoms with Crippen molar-refractivity contribution < 1.29 is 18.0 Å². The van der Waals surface area contributed by atoms with E-state index in [1.54, 1.807) is 19.4 Å². The monoisotopic (exact) mass is 541 g/mol. The number of nitrogens with zero attached hydrogens (tertiary/aromatic N) is 4. The standard InChI is InChI=1S/C18H22ClF2N5O2.HI/c1-22-18(23-11-13-10-14(19)2-3-16(13)28-17(20)21)26-7-5-25(6-8-26)12-15-4-9-27-24-15;/h2-4,9-10,17H,5-8,11-12H2,1H3,(H,22,23);1H. The van der Waals surface area contributed by atoms with Crippen LogP contribution in [-0.2, 0) is 13.1 Å². The van der Waals surface area contributed by atoms with Crippen LogP contribution in [0.3, 0.4) is 0 Å². The average Bonchev–Trinajstić information content (AvgIpc) is 3.18. The zero-order valence-corrected chi connectivity index (χ0v) is 18.9. The molecule has 1 aliphatic heterocycles. The van der Waals surface area contributed by atoms with E-state index in [0.29, 0.717) is 16.5 Å². The molecule has 0 amide bonds. The first kappa shape index (κ1) is 23.6. The van der Waals surface area contributed by atoms with Crippen LogP contribution in [0.15, 0.2) is 40.0 Å². The van der Waals surface area contributed by atoms with Crippen LogP contribution in [0.5, 0.6) is 5.75 Å². The Bertz CT molecular complexity index is 787. The third-order valence-electron chi connectivity index (χ3n) is 4.44. The van der Waals surface area contributed by atoms with Gasteiger partial charge >= 0.3 is 6.61 Å². The van der Waals surface area contributed by atoms with E-state index in [1.807, 2.05) is 6.07 Å². The van der Waals surface area contributed by atoms with Crippen LogP contribution in [0, 0.1) is 0 Å². The molecule has 1 aromatic heterocycles. The first-order chi connectivity index (χ1) is 13.5. The minimum atomic E-state index is -2.89. The second-order valence-corrected chi connectivity index (χ2v) is 6.72. The number of aromatic nitrogens is 1. The Balaban J connectivity index is 0.00000300. The lowest BCUT2D eigenvalue weighted by molar-refractivity contribution is -0.0504. The van der Waals surface area contributed by atoms with Crippen LogP contribution < -0.4 is 10.1 Å². The Hall–Kier alpha value is -1.66. The molecule has 0 atom stereocenters.